The molecule has 0 unspecified atom stereocenters. The van der Waals surface area contributed by atoms with E-state index in [0.717, 1.165) is 21.5 Å². The van der Waals surface area contributed by atoms with Crippen LogP contribution in [0.2, 0.25) is 0 Å². The Kier molecular flexibility index (Phi) is 9.70. The maximum atomic E-state index is 12.4. The molecule has 4 N–H and O–H groups in total. The van der Waals surface area contributed by atoms with Gasteiger partial charge in [0.15, 0.2) is 0 Å². The first-order valence-electron chi connectivity index (χ1n) is 14.2. The number of hydrogen-bond donors (Lipinski definition) is 4. The van der Waals surface area contributed by atoms with Crippen molar-refractivity contribution in [2.45, 2.75) is 52.9 Å². The first kappa shape index (κ1) is 30.8. The monoisotopic (exact) mass is 572 g/mol. The number of carbonyl (C=O) groups excluding carboxylic acids is 2. The van der Waals surface area contributed by atoms with Crippen LogP contribution < -0.4 is 10.6 Å². The Morgan fingerprint density at radius 2 is 1.02 bits per heavy atom. The van der Waals surface area contributed by atoms with Gasteiger partial charge in [0.2, 0.25) is 0 Å². The Bertz CT molecular complexity index is 1480. The van der Waals surface area contributed by atoms with Crippen LogP contribution in [0, 0.1) is 11.8 Å². The fourth-order valence-corrected chi connectivity index (χ4v) is 5.44. The Labute approximate surface area is 246 Å². The average molecular weight is 573 g/mol. The minimum Gasteiger partial charge on any atom is -0.507 e. The van der Waals surface area contributed by atoms with Gasteiger partial charge in [-0.05, 0) is 45.5 Å². The van der Waals surface area contributed by atoms with Crippen LogP contribution in [0.15, 0.2) is 60.7 Å². The zero-order chi connectivity index (χ0) is 30.6. The summed E-state index contributed by atoms with van der Waals surface area (Å²) in [4.78, 5) is 24.8. The van der Waals surface area contributed by atoms with Gasteiger partial charge in [0, 0.05) is 35.3 Å². The van der Waals surface area contributed by atoms with E-state index in [4.69, 9.17) is 9.47 Å². The van der Waals surface area contributed by atoms with Crippen molar-refractivity contribution in [2.75, 3.05) is 14.2 Å². The van der Waals surface area contributed by atoms with Gasteiger partial charge in [-0.3, -0.25) is 20.2 Å². The molecule has 0 bridgehead atoms. The lowest BCUT2D eigenvalue weighted by Gasteiger charge is -2.23. The summed E-state index contributed by atoms with van der Waals surface area (Å²) < 4.78 is 9.95. The Morgan fingerprint density at radius 3 is 1.36 bits per heavy atom. The van der Waals surface area contributed by atoms with Gasteiger partial charge < -0.3 is 19.7 Å². The molecule has 0 aliphatic carbocycles. The number of hydrogen-bond acceptors (Lipinski definition) is 8. The van der Waals surface area contributed by atoms with Crippen LogP contribution in [0.1, 0.15) is 38.8 Å². The van der Waals surface area contributed by atoms with Crippen molar-refractivity contribution in [3.05, 3.63) is 71.8 Å². The van der Waals surface area contributed by atoms with E-state index in [-0.39, 0.29) is 48.4 Å². The van der Waals surface area contributed by atoms with E-state index in [1.54, 1.807) is 0 Å². The van der Waals surface area contributed by atoms with E-state index >= 15 is 0 Å². The molecule has 8 nitrogen and oxygen atoms in total. The fraction of sp³-hybridized carbons (Fsp3) is 0.353. The highest BCUT2D eigenvalue weighted by molar-refractivity contribution is 6.10. The van der Waals surface area contributed by atoms with Crippen molar-refractivity contribution >= 4 is 33.5 Å². The van der Waals surface area contributed by atoms with Gasteiger partial charge in [-0.1, -0.05) is 76.2 Å². The number of ether oxygens (including phenoxy) is 2. The van der Waals surface area contributed by atoms with Gasteiger partial charge >= 0.3 is 11.9 Å². The molecule has 4 aromatic carbocycles. The average Bonchev–Trinajstić information content (AvgIpc) is 2.97. The second-order valence-electron chi connectivity index (χ2n) is 11.2. The SMILES string of the molecule is COC(=O)[C@@H](NCc1cc2ccccc2c(-c2c(O)c(CN[C@H](C(=O)OC)C(C)C)cc3ccccc23)c1O)C(C)C. The largest absolute Gasteiger partial charge is 0.507 e. The van der Waals surface area contributed by atoms with Crippen LogP contribution in [0.4, 0.5) is 0 Å². The lowest BCUT2D eigenvalue weighted by atomic mass is 9.88. The van der Waals surface area contributed by atoms with Crippen LogP contribution in [-0.2, 0) is 32.2 Å². The van der Waals surface area contributed by atoms with Crippen molar-refractivity contribution in [3.63, 3.8) is 0 Å². The topological polar surface area (TPSA) is 117 Å². The van der Waals surface area contributed by atoms with Crippen molar-refractivity contribution in [1.29, 1.82) is 0 Å². The second kappa shape index (κ2) is 13.2. The Hall–Kier alpha value is -4.14. The van der Waals surface area contributed by atoms with E-state index in [0.29, 0.717) is 22.3 Å². The number of phenols is 2. The smallest absolute Gasteiger partial charge is 0.323 e. The minimum atomic E-state index is -0.559. The highest BCUT2D eigenvalue weighted by Gasteiger charge is 2.27. The Balaban J connectivity index is 1.89. The molecule has 4 aromatic rings. The molecule has 0 radical (unpaired) electrons. The number of nitrogens with one attached hydrogen (secondary N) is 2. The predicted octanol–water partition coefficient (Wildman–Crippen LogP) is 5.65. The summed E-state index contributed by atoms with van der Waals surface area (Å²) in [6.07, 6.45) is 0. The molecule has 222 valence electrons. The molecule has 0 saturated carbocycles. The summed E-state index contributed by atoms with van der Waals surface area (Å²) in [6, 6.07) is 18.0. The highest BCUT2D eigenvalue weighted by atomic mass is 16.5. The number of aromatic hydroxyl groups is 2. The molecule has 0 aliphatic heterocycles. The van der Waals surface area contributed by atoms with Crippen LogP contribution in [0.5, 0.6) is 11.5 Å². The lowest BCUT2D eigenvalue weighted by Crippen LogP contribution is -2.41. The van der Waals surface area contributed by atoms with E-state index in [2.05, 4.69) is 10.6 Å². The summed E-state index contributed by atoms with van der Waals surface area (Å²) in [6.45, 7) is 8.11. The number of benzene rings is 4. The molecule has 0 saturated heterocycles. The second-order valence-corrected chi connectivity index (χ2v) is 11.2. The molecule has 0 aliphatic rings. The number of fused-ring (bicyclic) bond motifs is 2. The van der Waals surface area contributed by atoms with Gasteiger partial charge in [0.25, 0.3) is 0 Å². The number of phenolic OH excluding ortho intramolecular Hbond substituents is 2. The third kappa shape index (κ3) is 6.20. The molecule has 0 spiro atoms. The van der Waals surface area contributed by atoms with Gasteiger partial charge in [0.1, 0.15) is 23.6 Å². The summed E-state index contributed by atoms with van der Waals surface area (Å²) in [5, 5.41) is 33.4. The van der Waals surface area contributed by atoms with E-state index in [9.17, 15) is 19.8 Å². The summed E-state index contributed by atoms with van der Waals surface area (Å²) in [5.74, 6) is -0.794. The van der Waals surface area contributed by atoms with E-state index < -0.39 is 12.1 Å². The Morgan fingerprint density at radius 1 is 0.667 bits per heavy atom. The number of esters is 2. The zero-order valence-electron chi connectivity index (χ0n) is 25.0. The molecule has 0 heterocycles. The van der Waals surface area contributed by atoms with Crippen LogP contribution in [0.25, 0.3) is 32.7 Å². The molecule has 0 aromatic heterocycles. The van der Waals surface area contributed by atoms with E-state index in [1.165, 1.54) is 14.2 Å². The van der Waals surface area contributed by atoms with E-state index in [1.807, 2.05) is 88.4 Å². The number of methoxy groups -OCH3 is 2. The molecule has 4 rings (SSSR count). The zero-order valence-corrected chi connectivity index (χ0v) is 25.0. The van der Waals surface area contributed by atoms with Gasteiger partial charge in [-0.25, -0.2) is 0 Å². The van der Waals surface area contributed by atoms with Crippen LogP contribution in [-0.4, -0.2) is 48.5 Å². The van der Waals surface area contributed by atoms with Crippen LogP contribution >= 0.6 is 0 Å². The van der Waals surface area contributed by atoms with Crippen molar-refractivity contribution < 1.29 is 29.3 Å². The molecule has 42 heavy (non-hydrogen) atoms. The lowest BCUT2D eigenvalue weighted by molar-refractivity contribution is -0.145. The molecule has 0 amide bonds. The number of rotatable bonds is 11. The maximum absolute atomic E-state index is 12.4. The number of carbonyl (C=O) groups is 2. The molecule has 8 heteroatoms. The molecular weight excluding hydrogens is 532 g/mol. The summed E-state index contributed by atoms with van der Waals surface area (Å²) in [5.41, 5.74) is 2.15. The van der Waals surface area contributed by atoms with Crippen molar-refractivity contribution in [3.8, 4) is 22.6 Å². The van der Waals surface area contributed by atoms with Gasteiger partial charge in [0.05, 0.1) is 14.2 Å². The minimum absolute atomic E-state index is 0.00810. The third-order valence-electron chi connectivity index (χ3n) is 7.72. The molecule has 2 atom stereocenters. The predicted molar refractivity (Wildman–Crippen MR) is 165 cm³/mol. The standard InChI is InChI=1S/C34H40N2O6/c1-19(2)29(33(39)41-5)35-17-23-15-21-11-7-9-13-25(21)27(31(23)37)28-26-14-10-8-12-22(26)16-24(32(28)38)18-36-30(20(3)4)34(40)42-6/h7-16,19-20,29-30,35-38H,17-18H2,1-6H3/t29-,30-/m0/s1. The van der Waals surface area contributed by atoms with Crippen molar-refractivity contribution in [1.82, 2.24) is 10.6 Å². The summed E-state index contributed by atoms with van der Waals surface area (Å²) >= 11 is 0. The van der Waals surface area contributed by atoms with Crippen LogP contribution in [0.3, 0.4) is 0 Å². The van der Waals surface area contributed by atoms with Gasteiger partial charge in [-0.15, -0.1) is 0 Å². The van der Waals surface area contributed by atoms with Crippen molar-refractivity contribution in [2.24, 2.45) is 11.8 Å². The highest BCUT2D eigenvalue weighted by Crippen LogP contribution is 2.47. The quantitative estimate of drug-likeness (QED) is 0.171. The normalized spacial score (nSPS) is 13.0. The third-order valence-corrected chi connectivity index (χ3v) is 7.72. The maximum Gasteiger partial charge on any atom is 0.323 e. The summed E-state index contributed by atoms with van der Waals surface area (Å²) in [7, 11) is 2.71. The molecular formula is C34H40N2O6. The first-order chi connectivity index (χ1) is 20.1. The fourth-order valence-electron chi connectivity index (χ4n) is 5.44. The molecule has 0 fully saturated rings. The van der Waals surface area contributed by atoms with Gasteiger partial charge in [-0.2, -0.15) is 0 Å². The first-order valence-corrected chi connectivity index (χ1v) is 14.2.